The van der Waals surface area contributed by atoms with E-state index < -0.39 is 5.97 Å². The lowest BCUT2D eigenvalue weighted by atomic mass is 9.53. The van der Waals surface area contributed by atoms with Crippen LogP contribution in [0.25, 0.3) is 0 Å². The standard InChI is InChI=1S/C27H27NO4/c1-32-27(31)15-2-4-18(5-3-15)28-25(29)23-19-6-7-20(24(23)26(28)30)22(19)21-16-9-13-8-14(11-16)12-17(21)10-13/h2-7,13-14,16-17,19-20,23-24H,8-12H2,1H3. The molecule has 0 spiro atoms. The predicted molar refractivity (Wildman–Crippen MR) is 117 cm³/mol. The number of carbonyl (C=O) groups is 3. The highest BCUT2D eigenvalue weighted by atomic mass is 16.5. The Morgan fingerprint density at radius 2 is 1.34 bits per heavy atom. The van der Waals surface area contributed by atoms with Gasteiger partial charge in [-0.3, -0.25) is 9.59 Å². The molecule has 1 aromatic carbocycles. The SMILES string of the molecule is COC(=O)c1ccc(N2C(=O)C3C4C=CC(C4=C4C5CC6CC(C5)CC4C6)C3C2=O)cc1. The smallest absolute Gasteiger partial charge is 0.337 e. The normalized spacial score (nSPS) is 40.6. The average molecular weight is 430 g/mol. The Bertz CT molecular complexity index is 1050. The van der Waals surface area contributed by atoms with E-state index in [2.05, 4.69) is 12.2 Å². The molecule has 1 aliphatic heterocycles. The Kier molecular flexibility index (Phi) is 3.79. The lowest BCUT2D eigenvalue weighted by Crippen LogP contribution is -2.41. The fourth-order valence-corrected chi connectivity index (χ4v) is 8.43. The second kappa shape index (κ2) is 6.43. The summed E-state index contributed by atoms with van der Waals surface area (Å²) in [6.07, 6.45) is 11.1. The number of rotatable bonds is 2. The Balaban J connectivity index is 1.23. The molecule has 164 valence electrons. The highest BCUT2D eigenvalue weighted by molar-refractivity contribution is 6.23. The van der Waals surface area contributed by atoms with Crippen LogP contribution in [0.4, 0.5) is 5.69 Å². The molecule has 5 saturated carbocycles. The number of allylic oxidation sites excluding steroid dienone is 4. The summed E-state index contributed by atoms with van der Waals surface area (Å²) in [4.78, 5) is 40.2. The fraction of sp³-hybridized carbons (Fsp3) is 0.519. The molecular formula is C27H27NO4. The summed E-state index contributed by atoms with van der Waals surface area (Å²) in [5.41, 5.74) is 4.06. The number of esters is 1. The zero-order valence-corrected chi connectivity index (χ0v) is 18.2. The number of ether oxygens (including phenoxy) is 1. The molecule has 6 aliphatic carbocycles. The highest BCUT2D eigenvalue weighted by Crippen LogP contribution is 2.63. The molecule has 1 saturated heterocycles. The summed E-state index contributed by atoms with van der Waals surface area (Å²) in [7, 11) is 1.34. The van der Waals surface area contributed by atoms with Crippen molar-refractivity contribution >= 4 is 23.5 Å². The van der Waals surface area contributed by atoms with E-state index >= 15 is 0 Å². The van der Waals surface area contributed by atoms with Crippen LogP contribution in [0.5, 0.6) is 0 Å². The van der Waals surface area contributed by atoms with Crippen molar-refractivity contribution < 1.29 is 19.1 Å². The van der Waals surface area contributed by atoms with Crippen LogP contribution in [-0.4, -0.2) is 24.9 Å². The summed E-state index contributed by atoms with van der Waals surface area (Å²) in [5, 5.41) is 0. The Morgan fingerprint density at radius 1 is 0.812 bits per heavy atom. The Hall–Kier alpha value is -2.69. The maximum absolute atomic E-state index is 13.6. The van der Waals surface area contributed by atoms with Gasteiger partial charge >= 0.3 is 5.97 Å². The molecule has 5 nitrogen and oxygen atoms in total. The van der Waals surface area contributed by atoms with Crippen LogP contribution in [0.15, 0.2) is 47.6 Å². The Morgan fingerprint density at radius 3 is 1.84 bits per heavy atom. The number of benzene rings is 1. The van der Waals surface area contributed by atoms with Crippen molar-refractivity contribution in [3.63, 3.8) is 0 Å². The summed E-state index contributed by atoms with van der Waals surface area (Å²) in [5.74, 6) is 2.25. The molecule has 8 rings (SSSR count). The molecule has 6 bridgehead atoms. The van der Waals surface area contributed by atoms with Crippen LogP contribution >= 0.6 is 0 Å². The third kappa shape index (κ3) is 2.32. The zero-order valence-electron chi connectivity index (χ0n) is 18.2. The first-order valence-corrected chi connectivity index (χ1v) is 12.0. The lowest BCUT2D eigenvalue weighted by molar-refractivity contribution is -0.123. The molecule has 4 unspecified atom stereocenters. The Labute approximate surface area is 187 Å². The van der Waals surface area contributed by atoms with Gasteiger partial charge in [0.25, 0.3) is 0 Å². The minimum atomic E-state index is -0.429. The average Bonchev–Trinajstić information content (AvgIpc) is 3.42. The van der Waals surface area contributed by atoms with E-state index in [1.807, 2.05) is 0 Å². The van der Waals surface area contributed by atoms with E-state index in [4.69, 9.17) is 4.74 Å². The van der Waals surface area contributed by atoms with Gasteiger partial charge in [0.1, 0.15) is 0 Å². The highest BCUT2D eigenvalue weighted by Gasteiger charge is 2.63. The van der Waals surface area contributed by atoms with Crippen LogP contribution in [0.3, 0.4) is 0 Å². The van der Waals surface area contributed by atoms with E-state index in [0.717, 1.165) is 11.8 Å². The number of imide groups is 1. The van der Waals surface area contributed by atoms with Gasteiger partial charge in [0.05, 0.1) is 30.2 Å². The largest absolute Gasteiger partial charge is 0.465 e. The number of anilines is 1. The van der Waals surface area contributed by atoms with Gasteiger partial charge in [-0.1, -0.05) is 23.3 Å². The summed E-state index contributed by atoms with van der Waals surface area (Å²) < 4.78 is 4.75. The van der Waals surface area contributed by atoms with Crippen molar-refractivity contribution in [2.24, 2.45) is 47.3 Å². The molecule has 1 heterocycles. The summed E-state index contributed by atoms with van der Waals surface area (Å²) in [6.45, 7) is 0. The van der Waals surface area contributed by atoms with Crippen molar-refractivity contribution in [2.75, 3.05) is 12.0 Å². The molecule has 0 aromatic heterocycles. The number of fused-ring (bicyclic) bond motifs is 5. The molecule has 6 fully saturated rings. The maximum Gasteiger partial charge on any atom is 0.337 e. The van der Waals surface area contributed by atoms with Crippen LogP contribution in [-0.2, 0) is 14.3 Å². The number of nitrogens with zero attached hydrogens (tertiary/aromatic N) is 1. The second-order valence-electron chi connectivity index (χ2n) is 10.8. The molecule has 0 N–H and O–H groups in total. The van der Waals surface area contributed by atoms with Gasteiger partial charge in [0, 0.05) is 11.8 Å². The number of methoxy groups -OCH3 is 1. The van der Waals surface area contributed by atoms with Crippen molar-refractivity contribution in [1.82, 2.24) is 0 Å². The van der Waals surface area contributed by atoms with E-state index in [1.165, 1.54) is 49.7 Å². The van der Waals surface area contributed by atoms with E-state index in [-0.39, 0.29) is 35.5 Å². The molecule has 0 radical (unpaired) electrons. The topological polar surface area (TPSA) is 63.7 Å². The molecule has 32 heavy (non-hydrogen) atoms. The minimum Gasteiger partial charge on any atom is -0.465 e. The van der Waals surface area contributed by atoms with Gasteiger partial charge < -0.3 is 4.74 Å². The zero-order chi connectivity index (χ0) is 21.7. The number of amides is 2. The fourth-order valence-electron chi connectivity index (χ4n) is 8.43. The van der Waals surface area contributed by atoms with Crippen molar-refractivity contribution in [2.45, 2.75) is 32.1 Å². The second-order valence-corrected chi connectivity index (χ2v) is 10.8. The first-order chi connectivity index (χ1) is 15.5. The number of hydrogen-bond donors (Lipinski definition) is 0. The first-order valence-electron chi connectivity index (χ1n) is 12.0. The number of hydrogen-bond acceptors (Lipinski definition) is 4. The third-order valence-electron chi connectivity index (χ3n) is 9.31. The number of carbonyl (C=O) groups excluding carboxylic acids is 3. The van der Waals surface area contributed by atoms with E-state index in [9.17, 15) is 14.4 Å². The minimum absolute atomic E-state index is 0.0791. The van der Waals surface area contributed by atoms with Crippen LogP contribution in [0.2, 0.25) is 0 Å². The van der Waals surface area contributed by atoms with Gasteiger partial charge in [-0.2, -0.15) is 0 Å². The van der Waals surface area contributed by atoms with E-state index in [1.54, 1.807) is 29.8 Å². The summed E-state index contributed by atoms with van der Waals surface area (Å²) in [6, 6.07) is 6.58. The maximum atomic E-state index is 13.6. The van der Waals surface area contributed by atoms with Gasteiger partial charge in [0.2, 0.25) is 11.8 Å². The quantitative estimate of drug-likeness (QED) is 0.403. The van der Waals surface area contributed by atoms with Crippen LogP contribution < -0.4 is 4.90 Å². The summed E-state index contributed by atoms with van der Waals surface area (Å²) >= 11 is 0. The molecule has 1 aromatic rings. The van der Waals surface area contributed by atoms with Gasteiger partial charge in [-0.15, -0.1) is 0 Å². The van der Waals surface area contributed by atoms with Gasteiger partial charge in [-0.05, 0) is 80.0 Å². The molecule has 4 atom stereocenters. The monoisotopic (exact) mass is 429 g/mol. The van der Waals surface area contributed by atoms with Crippen molar-refractivity contribution in [1.29, 1.82) is 0 Å². The van der Waals surface area contributed by atoms with Crippen LogP contribution in [0.1, 0.15) is 42.5 Å². The predicted octanol–water partition coefficient (Wildman–Crippen LogP) is 4.15. The third-order valence-corrected chi connectivity index (χ3v) is 9.31. The lowest BCUT2D eigenvalue weighted by Gasteiger charge is -2.52. The molecule has 5 heteroatoms. The van der Waals surface area contributed by atoms with Crippen molar-refractivity contribution in [3.8, 4) is 0 Å². The van der Waals surface area contributed by atoms with Gasteiger partial charge in [-0.25, -0.2) is 9.69 Å². The van der Waals surface area contributed by atoms with Crippen molar-refractivity contribution in [3.05, 3.63) is 53.1 Å². The van der Waals surface area contributed by atoms with Crippen LogP contribution in [0, 0.1) is 47.3 Å². The molecule has 7 aliphatic rings. The van der Waals surface area contributed by atoms with Gasteiger partial charge in [0.15, 0.2) is 0 Å². The van der Waals surface area contributed by atoms with E-state index in [0.29, 0.717) is 23.1 Å². The molecular weight excluding hydrogens is 402 g/mol. The molecule has 2 amide bonds. The first kappa shape index (κ1) is 18.8.